The van der Waals surface area contributed by atoms with Crippen LogP contribution in [0.2, 0.25) is 0 Å². The zero-order valence-corrected chi connectivity index (χ0v) is 16.5. The molecule has 0 saturated carbocycles. The van der Waals surface area contributed by atoms with Crippen molar-refractivity contribution in [2.75, 3.05) is 18.4 Å². The molecule has 1 aromatic carbocycles. The first-order chi connectivity index (χ1) is 14.2. The number of hydrogen-bond donors (Lipinski definition) is 2. The van der Waals surface area contributed by atoms with Gasteiger partial charge in [-0.3, -0.25) is 4.79 Å². The van der Waals surface area contributed by atoms with Crippen molar-refractivity contribution in [3.05, 3.63) is 53.0 Å². The van der Waals surface area contributed by atoms with Crippen molar-refractivity contribution in [3.63, 3.8) is 0 Å². The second-order valence-electron chi connectivity index (χ2n) is 6.81. The topological polar surface area (TPSA) is 105 Å². The van der Waals surface area contributed by atoms with Gasteiger partial charge in [0.25, 0.3) is 0 Å². The summed E-state index contributed by atoms with van der Waals surface area (Å²) in [6.45, 7) is 1.60. The zero-order valence-electron chi connectivity index (χ0n) is 15.7. The summed E-state index contributed by atoms with van der Waals surface area (Å²) in [6.07, 6.45) is 3.08. The Morgan fingerprint density at radius 2 is 2.07 bits per heavy atom. The molecule has 3 heterocycles. The monoisotopic (exact) mass is 411 g/mol. The molecule has 4 rings (SSSR count). The quantitative estimate of drug-likeness (QED) is 0.670. The molecule has 1 atom stereocenters. The summed E-state index contributed by atoms with van der Waals surface area (Å²) in [7, 11) is 0. The molecule has 0 aliphatic carbocycles. The van der Waals surface area contributed by atoms with Gasteiger partial charge in [0, 0.05) is 23.7 Å². The molecule has 0 radical (unpaired) electrons. The summed E-state index contributed by atoms with van der Waals surface area (Å²) in [5, 5.41) is 18.9. The minimum absolute atomic E-state index is 0.0732. The van der Waals surface area contributed by atoms with Crippen molar-refractivity contribution in [2.24, 2.45) is 5.92 Å². The summed E-state index contributed by atoms with van der Waals surface area (Å²) >= 11 is 1.61. The van der Waals surface area contributed by atoms with E-state index in [2.05, 4.69) is 26.2 Å². The van der Waals surface area contributed by atoms with Crippen molar-refractivity contribution >= 4 is 29.0 Å². The van der Waals surface area contributed by atoms with Gasteiger partial charge >= 0.3 is 6.03 Å². The summed E-state index contributed by atoms with van der Waals surface area (Å²) in [4.78, 5) is 28.0. The van der Waals surface area contributed by atoms with Gasteiger partial charge in [0.15, 0.2) is 0 Å². The van der Waals surface area contributed by atoms with E-state index in [4.69, 9.17) is 0 Å². The average Bonchev–Trinajstić information content (AvgIpc) is 3.47. The van der Waals surface area contributed by atoms with Crippen LogP contribution in [0.3, 0.4) is 0 Å². The summed E-state index contributed by atoms with van der Waals surface area (Å²) in [6, 6.07) is 11.1. The van der Waals surface area contributed by atoms with Crippen LogP contribution < -0.4 is 10.6 Å². The normalized spacial score (nSPS) is 16.4. The van der Waals surface area contributed by atoms with E-state index >= 15 is 0 Å². The van der Waals surface area contributed by atoms with Crippen LogP contribution >= 0.6 is 11.3 Å². The third-order valence-corrected chi connectivity index (χ3v) is 5.70. The smallest absolute Gasteiger partial charge is 0.317 e. The standard InChI is InChI=1S/C19H21N7O2S/c27-18(22-15-5-7-16(8-6-15)26-13-21-23-24-26)14-3-1-9-25(12-14)19(28)20-11-17-4-2-10-29-17/h2,4-8,10,13-14H,1,3,9,11-12H2,(H,20,28)(H,22,27). The van der Waals surface area contributed by atoms with Crippen molar-refractivity contribution < 1.29 is 9.59 Å². The number of rotatable bonds is 5. The van der Waals surface area contributed by atoms with Gasteiger partial charge in [0.05, 0.1) is 18.2 Å². The van der Waals surface area contributed by atoms with E-state index in [0.29, 0.717) is 25.3 Å². The van der Waals surface area contributed by atoms with Crippen LogP contribution in [0.5, 0.6) is 0 Å². The highest BCUT2D eigenvalue weighted by Crippen LogP contribution is 2.20. The predicted molar refractivity (Wildman–Crippen MR) is 109 cm³/mol. The number of aromatic nitrogens is 4. The average molecular weight is 411 g/mol. The molecule has 1 saturated heterocycles. The molecule has 9 nitrogen and oxygen atoms in total. The Labute approximate surface area is 171 Å². The van der Waals surface area contributed by atoms with E-state index in [1.54, 1.807) is 20.9 Å². The largest absolute Gasteiger partial charge is 0.333 e. The molecule has 0 bridgehead atoms. The molecular formula is C19H21N7O2S. The first kappa shape index (κ1) is 19.1. The van der Waals surface area contributed by atoms with Gasteiger partial charge in [-0.2, -0.15) is 0 Å². The van der Waals surface area contributed by atoms with Crippen molar-refractivity contribution in [3.8, 4) is 5.69 Å². The van der Waals surface area contributed by atoms with Crippen LogP contribution in [-0.4, -0.2) is 50.1 Å². The number of piperidine rings is 1. The summed E-state index contributed by atoms with van der Waals surface area (Å²) in [5.74, 6) is -0.300. The first-order valence-corrected chi connectivity index (χ1v) is 10.3. The number of carbonyl (C=O) groups excluding carboxylic acids is 2. The van der Waals surface area contributed by atoms with Gasteiger partial charge in [-0.15, -0.1) is 16.4 Å². The summed E-state index contributed by atoms with van der Waals surface area (Å²) in [5.41, 5.74) is 1.50. The van der Waals surface area contributed by atoms with Gasteiger partial charge < -0.3 is 15.5 Å². The number of urea groups is 1. The van der Waals surface area contributed by atoms with Crippen LogP contribution in [0.25, 0.3) is 5.69 Å². The Morgan fingerprint density at radius 1 is 1.21 bits per heavy atom. The van der Waals surface area contributed by atoms with E-state index in [-0.39, 0.29) is 17.9 Å². The fourth-order valence-electron chi connectivity index (χ4n) is 3.28. The second kappa shape index (κ2) is 8.82. The number of thiophene rings is 1. The van der Waals surface area contributed by atoms with Crippen LogP contribution in [0, 0.1) is 5.92 Å². The Kier molecular flexibility index (Phi) is 5.80. The Hall–Kier alpha value is -3.27. The number of amides is 3. The molecule has 1 unspecified atom stereocenters. The third kappa shape index (κ3) is 4.77. The fourth-order valence-corrected chi connectivity index (χ4v) is 3.93. The van der Waals surface area contributed by atoms with E-state index in [9.17, 15) is 9.59 Å². The number of nitrogens with zero attached hydrogens (tertiary/aromatic N) is 5. The van der Waals surface area contributed by atoms with Crippen LogP contribution in [-0.2, 0) is 11.3 Å². The van der Waals surface area contributed by atoms with E-state index in [1.165, 1.54) is 6.33 Å². The minimum atomic E-state index is -0.226. The van der Waals surface area contributed by atoms with Gasteiger partial charge in [-0.05, 0) is 59.0 Å². The number of nitrogens with one attached hydrogen (secondary N) is 2. The maximum absolute atomic E-state index is 12.7. The molecule has 3 amide bonds. The minimum Gasteiger partial charge on any atom is -0.333 e. The predicted octanol–water partition coefficient (Wildman–Crippen LogP) is 2.28. The lowest BCUT2D eigenvalue weighted by Gasteiger charge is -2.32. The third-order valence-electron chi connectivity index (χ3n) is 4.82. The second-order valence-corrected chi connectivity index (χ2v) is 7.85. The number of tetrazole rings is 1. The molecule has 1 aliphatic rings. The van der Waals surface area contributed by atoms with Gasteiger partial charge in [0.1, 0.15) is 6.33 Å². The number of likely N-dealkylation sites (tertiary alicyclic amines) is 1. The van der Waals surface area contributed by atoms with Gasteiger partial charge in [-0.1, -0.05) is 6.07 Å². The highest BCUT2D eigenvalue weighted by atomic mass is 32.1. The lowest BCUT2D eigenvalue weighted by atomic mass is 9.97. The number of hydrogen-bond acceptors (Lipinski definition) is 6. The van der Waals surface area contributed by atoms with Crippen LogP contribution in [0.15, 0.2) is 48.1 Å². The van der Waals surface area contributed by atoms with Crippen LogP contribution in [0.4, 0.5) is 10.5 Å². The molecule has 1 aliphatic heterocycles. The highest BCUT2D eigenvalue weighted by Gasteiger charge is 2.28. The SMILES string of the molecule is O=C(Nc1ccc(-n2cnnn2)cc1)C1CCCN(C(=O)NCc2cccs2)C1. The van der Waals surface area contributed by atoms with Gasteiger partial charge in [0.2, 0.25) is 5.91 Å². The molecular weight excluding hydrogens is 390 g/mol. The lowest BCUT2D eigenvalue weighted by Crippen LogP contribution is -2.47. The van der Waals surface area contributed by atoms with E-state index < -0.39 is 0 Å². The number of benzene rings is 1. The van der Waals surface area contributed by atoms with Crippen molar-refractivity contribution in [1.82, 2.24) is 30.4 Å². The molecule has 3 aromatic rings. The fraction of sp³-hybridized carbons (Fsp3) is 0.316. The molecule has 2 N–H and O–H groups in total. The Morgan fingerprint density at radius 3 is 2.79 bits per heavy atom. The number of anilines is 1. The van der Waals surface area contributed by atoms with Crippen LogP contribution in [0.1, 0.15) is 17.7 Å². The summed E-state index contributed by atoms with van der Waals surface area (Å²) < 4.78 is 1.54. The number of carbonyl (C=O) groups is 2. The molecule has 1 fully saturated rings. The molecule has 150 valence electrons. The first-order valence-electron chi connectivity index (χ1n) is 9.38. The molecule has 2 aromatic heterocycles. The molecule has 0 spiro atoms. The van der Waals surface area contributed by atoms with E-state index in [1.807, 2.05) is 41.8 Å². The maximum Gasteiger partial charge on any atom is 0.317 e. The Bertz CT molecular complexity index is 942. The molecule has 10 heteroatoms. The van der Waals surface area contributed by atoms with Crippen molar-refractivity contribution in [2.45, 2.75) is 19.4 Å². The maximum atomic E-state index is 12.7. The Balaban J connectivity index is 1.30. The van der Waals surface area contributed by atoms with E-state index in [0.717, 1.165) is 23.4 Å². The zero-order chi connectivity index (χ0) is 20.1. The van der Waals surface area contributed by atoms with Crippen molar-refractivity contribution in [1.29, 1.82) is 0 Å². The molecule has 29 heavy (non-hydrogen) atoms. The van der Waals surface area contributed by atoms with Gasteiger partial charge in [-0.25, -0.2) is 9.48 Å². The highest BCUT2D eigenvalue weighted by molar-refractivity contribution is 7.09. The lowest BCUT2D eigenvalue weighted by molar-refractivity contribution is -0.121.